The van der Waals surface area contributed by atoms with Crippen molar-refractivity contribution >= 4 is 11.9 Å². The third-order valence-electron chi connectivity index (χ3n) is 3.76. The van der Waals surface area contributed by atoms with Gasteiger partial charge >= 0.3 is 5.97 Å². The van der Waals surface area contributed by atoms with E-state index < -0.39 is 12.1 Å². The molecule has 1 heterocycles. The highest BCUT2D eigenvalue weighted by molar-refractivity contribution is 5.83. The Labute approximate surface area is 152 Å². The number of aryl methyl sites for hydroxylation is 1. The van der Waals surface area contributed by atoms with Crippen LogP contribution in [0.5, 0.6) is 11.5 Å². The van der Waals surface area contributed by atoms with Crippen molar-refractivity contribution in [2.24, 2.45) is 0 Å². The van der Waals surface area contributed by atoms with Crippen molar-refractivity contribution in [3.05, 3.63) is 47.9 Å². The van der Waals surface area contributed by atoms with Gasteiger partial charge in [-0.2, -0.15) is 0 Å². The molecule has 0 aliphatic rings. The van der Waals surface area contributed by atoms with Crippen LogP contribution < -0.4 is 14.8 Å². The minimum absolute atomic E-state index is 0.158. The number of amides is 1. The summed E-state index contributed by atoms with van der Waals surface area (Å²) >= 11 is 0. The molecule has 0 saturated carbocycles. The molecule has 1 N–H and O–H groups in total. The van der Waals surface area contributed by atoms with Gasteiger partial charge in [0.15, 0.2) is 17.6 Å². The molecule has 140 valence electrons. The second-order valence-electron chi connectivity index (χ2n) is 5.62. The van der Waals surface area contributed by atoms with Gasteiger partial charge in [0.2, 0.25) is 0 Å². The van der Waals surface area contributed by atoms with E-state index in [0.717, 1.165) is 5.56 Å². The van der Waals surface area contributed by atoms with Crippen LogP contribution in [0.15, 0.2) is 41.0 Å². The summed E-state index contributed by atoms with van der Waals surface area (Å²) in [4.78, 5) is 23.9. The fraction of sp³-hybridized carbons (Fsp3) is 0.368. The summed E-state index contributed by atoms with van der Waals surface area (Å²) in [6.45, 7) is 1.78. The number of hydrogen-bond acceptors (Lipinski definition) is 6. The van der Waals surface area contributed by atoms with E-state index in [1.54, 1.807) is 32.4 Å². The van der Waals surface area contributed by atoms with Crippen molar-refractivity contribution in [3.63, 3.8) is 0 Å². The van der Waals surface area contributed by atoms with E-state index in [9.17, 15) is 9.59 Å². The van der Waals surface area contributed by atoms with Crippen molar-refractivity contribution in [1.82, 2.24) is 5.32 Å². The Bertz CT molecular complexity index is 726. The molecule has 0 aliphatic carbocycles. The van der Waals surface area contributed by atoms with Crippen LogP contribution in [0.2, 0.25) is 0 Å². The molecule has 0 radical (unpaired) electrons. The molecule has 26 heavy (non-hydrogen) atoms. The van der Waals surface area contributed by atoms with Gasteiger partial charge in [0.05, 0.1) is 27.0 Å². The van der Waals surface area contributed by atoms with E-state index in [1.807, 2.05) is 12.1 Å². The lowest BCUT2D eigenvalue weighted by atomic mass is 10.1. The first kappa shape index (κ1) is 19.4. The van der Waals surface area contributed by atoms with Gasteiger partial charge in [0, 0.05) is 6.42 Å². The molecule has 0 unspecified atom stereocenters. The molecule has 1 aromatic heterocycles. The van der Waals surface area contributed by atoms with Crippen LogP contribution in [0.25, 0.3) is 0 Å². The van der Waals surface area contributed by atoms with Gasteiger partial charge < -0.3 is 23.9 Å². The minimum Gasteiger partial charge on any atom is -0.493 e. The number of hydrogen-bond donors (Lipinski definition) is 1. The van der Waals surface area contributed by atoms with Gasteiger partial charge in [-0.15, -0.1) is 0 Å². The molecular weight excluding hydrogens is 338 g/mol. The van der Waals surface area contributed by atoms with Crippen LogP contribution in [0.4, 0.5) is 0 Å². The van der Waals surface area contributed by atoms with Crippen LogP contribution in [0, 0.1) is 0 Å². The quantitative estimate of drug-likeness (QED) is 0.691. The summed E-state index contributed by atoms with van der Waals surface area (Å²) in [5, 5.41) is 2.65. The zero-order valence-corrected chi connectivity index (χ0v) is 15.1. The zero-order valence-electron chi connectivity index (χ0n) is 15.1. The number of carbonyl (C=O) groups excluding carboxylic acids is 2. The fourth-order valence-electron chi connectivity index (χ4n) is 2.32. The van der Waals surface area contributed by atoms with E-state index in [0.29, 0.717) is 23.7 Å². The minimum atomic E-state index is -0.872. The maximum atomic E-state index is 12.0. The van der Waals surface area contributed by atoms with Gasteiger partial charge in [-0.05, 0) is 43.2 Å². The Balaban J connectivity index is 1.77. The average molecular weight is 361 g/mol. The molecule has 0 saturated heterocycles. The summed E-state index contributed by atoms with van der Waals surface area (Å²) in [7, 11) is 3.12. The third kappa shape index (κ3) is 5.54. The van der Waals surface area contributed by atoms with Crippen LogP contribution in [-0.4, -0.2) is 32.2 Å². The predicted molar refractivity (Wildman–Crippen MR) is 94.0 cm³/mol. The van der Waals surface area contributed by atoms with Crippen LogP contribution in [0.1, 0.15) is 24.7 Å². The van der Waals surface area contributed by atoms with Gasteiger partial charge in [-0.25, -0.2) is 0 Å². The van der Waals surface area contributed by atoms with Crippen molar-refractivity contribution < 1.29 is 28.2 Å². The third-order valence-corrected chi connectivity index (χ3v) is 3.76. The maximum absolute atomic E-state index is 12.0. The number of methoxy groups -OCH3 is 2. The lowest BCUT2D eigenvalue weighted by molar-refractivity contribution is -0.154. The number of rotatable bonds is 9. The van der Waals surface area contributed by atoms with E-state index in [1.165, 1.54) is 13.2 Å². The summed E-state index contributed by atoms with van der Waals surface area (Å²) in [5.74, 6) is 1.04. The monoisotopic (exact) mass is 361 g/mol. The molecule has 1 aromatic carbocycles. The van der Waals surface area contributed by atoms with E-state index in [-0.39, 0.29) is 18.9 Å². The lowest BCUT2D eigenvalue weighted by Gasteiger charge is -2.13. The first-order chi connectivity index (χ1) is 12.5. The SMILES string of the molecule is COc1ccc(CCC(=O)O[C@@H](C)C(=O)NCc2ccco2)cc1OC. The Morgan fingerprint density at radius 2 is 1.92 bits per heavy atom. The molecule has 0 aliphatic heterocycles. The van der Waals surface area contributed by atoms with E-state index in [4.69, 9.17) is 18.6 Å². The first-order valence-corrected chi connectivity index (χ1v) is 8.24. The predicted octanol–water partition coefficient (Wildman–Crippen LogP) is 2.48. The number of esters is 1. The second-order valence-corrected chi connectivity index (χ2v) is 5.62. The number of carbonyl (C=O) groups is 2. The van der Waals surface area contributed by atoms with Crippen molar-refractivity contribution in [1.29, 1.82) is 0 Å². The van der Waals surface area contributed by atoms with Gasteiger partial charge in [-0.1, -0.05) is 6.07 Å². The summed E-state index contributed by atoms with van der Waals surface area (Å²) < 4.78 is 20.7. The second kappa shape index (κ2) is 9.50. The summed E-state index contributed by atoms with van der Waals surface area (Å²) in [6, 6.07) is 8.93. The molecule has 0 bridgehead atoms. The standard InChI is InChI=1S/C19H23NO6/c1-13(19(22)20-12-15-5-4-10-25-15)26-18(21)9-7-14-6-8-16(23-2)17(11-14)24-3/h4-6,8,10-11,13H,7,9,12H2,1-3H3,(H,20,22)/t13-/m0/s1. The largest absolute Gasteiger partial charge is 0.493 e. The number of furan rings is 1. The molecular formula is C19H23NO6. The lowest BCUT2D eigenvalue weighted by Crippen LogP contribution is -2.35. The zero-order chi connectivity index (χ0) is 18.9. The Hall–Kier alpha value is -2.96. The number of ether oxygens (including phenoxy) is 3. The average Bonchev–Trinajstić information content (AvgIpc) is 3.17. The Morgan fingerprint density at radius 1 is 1.15 bits per heavy atom. The highest BCUT2D eigenvalue weighted by Crippen LogP contribution is 2.28. The molecule has 0 fully saturated rings. The van der Waals surface area contributed by atoms with Crippen molar-refractivity contribution in [3.8, 4) is 11.5 Å². The molecule has 7 heteroatoms. The van der Waals surface area contributed by atoms with Gasteiger partial charge in [0.25, 0.3) is 5.91 Å². The number of benzene rings is 1. The highest BCUT2D eigenvalue weighted by Gasteiger charge is 2.18. The van der Waals surface area contributed by atoms with Crippen LogP contribution in [-0.2, 0) is 27.3 Å². The maximum Gasteiger partial charge on any atom is 0.306 e. The van der Waals surface area contributed by atoms with Gasteiger partial charge in [-0.3, -0.25) is 9.59 Å². The molecule has 1 amide bonds. The first-order valence-electron chi connectivity index (χ1n) is 8.24. The van der Waals surface area contributed by atoms with Crippen LogP contribution >= 0.6 is 0 Å². The summed E-state index contributed by atoms with van der Waals surface area (Å²) in [5.41, 5.74) is 0.912. The highest BCUT2D eigenvalue weighted by atomic mass is 16.5. The topological polar surface area (TPSA) is 87.0 Å². The normalized spacial score (nSPS) is 11.5. The van der Waals surface area contributed by atoms with Gasteiger partial charge in [0.1, 0.15) is 5.76 Å². The molecule has 1 atom stereocenters. The Kier molecular flexibility index (Phi) is 7.08. The molecule has 2 rings (SSSR count). The smallest absolute Gasteiger partial charge is 0.306 e. The molecule has 0 spiro atoms. The molecule has 2 aromatic rings. The van der Waals surface area contributed by atoms with Crippen LogP contribution in [0.3, 0.4) is 0 Å². The number of nitrogens with one attached hydrogen (secondary N) is 1. The van der Waals surface area contributed by atoms with E-state index >= 15 is 0 Å². The fourth-order valence-corrected chi connectivity index (χ4v) is 2.32. The summed E-state index contributed by atoms with van der Waals surface area (Å²) in [6.07, 6.45) is 1.28. The molecule has 7 nitrogen and oxygen atoms in total. The van der Waals surface area contributed by atoms with Crippen molar-refractivity contribution in [2.45, 2.75) is 32.4 Å². The Morgan fingerprint density at radius 3 is 2.58 bits per heavy atom. The van der Waals surface area contributed by atoms with Crippen molar-refractivity contribution in [2.75, 3.05) is 14.2 Å². The van der Waals surface area contributed by atoms with E-state index in [2.05, 4.69) is 5.32 Å².